The number of rotatable bonds is 6. The monoisotopic (exact) mass is 388 g/mol. The third-order valence-electron chi connectivity index (χ3n) is 5.34. The van der Waals surface area contributed by atoms with Gasteiger partial charge in [-0.25, -0.2) is 9.78 Å². The van der Waals surface area contributed by atoms with Crippen molar-refractivity contribution in [3.63, 3.8) is 0 Å². The number of para-hydroxylation sites is 1. The molecule has 0 bridgehead atoms. The molecule has 0 aliphatic heterocycles. The van der Waals surface area contributed by atoms with Gasteiger partial charge in [0.15, 0.2) is 6.61 Å². The summed E-state index contributed by atoms with van der Waals surface area (Å²) in [5.74, 6) is -0.239. The van der Waals surface area contributed by atoms with Gasteiger partial charge < -0.3 is 10.1 Å². The summed E-state index contributed by atoms with van der Waals surface area (Å²) in [7, 11) is 0. The normalized spacial score (nSPS) is 14.4. The quantitative estimate of drug-likeness (QED) is 0.640. The highest BCUT2D eigenvalue weighted by atomic mass is 16.5. The van der Waals surface area contributed by atoms with Gasteiger partial charge in [0.05, 0.1) is 16.8 Å². The molecule has 5 heteroatoms. The van der Waals surface area contributed by atoms with Crippen LogP contribution in [0.2, 0.25) is 0 Å². The molecule has 3 aromatic rings. The van der Waals surface area contributed by atoms with E-state index in [1.165, 1.54) is 0 Å². The van der Waals surface area contributed by atoms with Crippen LogP contribution in [0.4, 0.5) is 0 Å². The number of aromatic nitrogens is 1. The van der Waals surface area contributed by atoms with E-state index in [1.807, 2.05) is 62.4 Å². The maximum Gasteiger partial charge on any atom is 0.339 e. The van der Waals surface area contributed by atoms with E-state index in [4.69, 9.17) is 9.72 Å². The van der Waals surface area contributed by atoms with Crippen molar-refractivity contribution in [2.24, 2.45) is 5.92 Å². The number of benzene rings is 2. The highest BCUT2D eigenvalue weighted by Gasteiger charge is 2.29. The first kappa shape index (κ1) is 19.1. The fourth-order valence-electron chi connectivity index (χ4n) is 3.44. The fraction of sp³-hybridized carbons (Fsp3) is 0.292. The number of carbonyl (C=O) groups excluding carboxylic acids is 2. The van der Waals surface area contributed by atoms with Crippen molar-refractivity contribution < 1.29 is 14.3 Å². The zero-order valence-electron chi connectivity index (χ0n) is 16.6. The zero-order valence-corrected chi connectivity index (χ0v) is 16.6. The Bertz CT molecular complexity index is 1060. The molecule has 0 spiro atoms. The van der Waals surface area contributed by atoms with Crippen LogP contribution in [-0.2, 0) is 9.53 Å². The molecule has 148 valence electrons. The summed E-state index contributed by atoms with van der Waals surface area (Å²) in [6.07, 6.45) is 2.29. The Morgan fingerprint density at radius 2 is 1.86 bits per heavy atom. The van der Waals surface area contributed by atoms with Gasteiger partial charge in [-0.3, -0.25) is 4.79 Å². The lowest BCUT2D eigenvalue weighted by Gasteiger charge is -2.13. The van der Waals surface area contributed by atoms with Crippen LogP contribution >= 0.6 is 0 Å². The van der Waals surface area contributed by atoms with Crippen LogP contribution < -0.4 is 5.32 Å². The van der Waals surface area contributed by atoms with E-state index < -0.39 is 5.97 Å². The summed E-state index contributed by atoms with van der Waals surface area (Å²) < 4.78 is 5.33. The SMILES string of the molecule is Cc1ccc(-c2cc(C(=O)OCC(=O)N[C@H](C)C3CC3)c3ccccc3n2)cc1. The average Bonchev–Trinajstić information content (AvgIpc) is 3.57. The van der Waals surface area contributed by atoms with Crippen molar-refractivity contribution >= 4 is 22.8 Å². The van der Waals surface area contributed by atoms with Crippen molar-refractivity contribution in [2.45, 2.75) is 32.7 Å². The van der Waals surface area contributed by atoms with E-state index in [-0.39, 0.29) is 18.6 Å². The van der Waals surface area contributed by atoms with Crippen LogP contribution in [0.15, 0.2) is 54.6 Å². The Kier molecular flexibility index (Phi) is 5.30. The molecule has 1 fully saturated rings. The van der Waals surface area contributed by atoms with Gasteiger partial charge >= 0.3 is 5.97 Å². The highest BCUT2D eigenvalue weighted by Crippen LogP contribution is 2.32. The number of amides is 1. The third-order valence-corrected chi connectivity index (χ3v) is 5.34. The predicted molar refractivity (Wildman–Crippen MR) is 113 cm³/mol. The number of ether oxygens (including phenoxy) is 1. The van der Waals surface area contributed by atoms with E-state index in [1.54, 1.807) is 6.07 Å². The Labute approximate surface area is 170 Å². The molecule has 4 rings (SSSR count). The lowest BCUT2D eigenvalue weighted by Crippen LogP contribution is -2.37. The van der Waals surface area contributed by atoms with Crippen LogP contribution in [0.5, 0.6) is 0 Å². The van der Waals surface area contributed by atoms with Crippen LogP contribution in [0.1, 0.15) is 35.7 Å². The Balaban J connectivity index is 1.57. The van der Waals surface area contributed by atoms with Crippen molar-refractivity contribution in [3.8, 4) is 11.3 Å². The summed E-state index contributed by atoms with van der Waals surface area (Å²) in [6.45, 7) is 3.73. The summed E-state index contributed by atoms with van der Waals surface area (Å²) >= 11 is 0. The predicted octanol–water partition coefficient (Wildman–Crippen LogP) is 4.28. The van der Waals surface area contributed by atoms with Gasteiger partial charge in [-0.1, -0.05) is 48.0 Å². The molecule has 5 nitrogen and oxygen atoms in total. The van der Waals surface area contributed by atoms with Crippen LogP contribution in [0.3, 0.4) is 0 Å². The Morgan fingerprint density at radius 3 is 2.59 bits per heavy atom. The van der Waals surface area contributed by atoms with E-state index in [2.05, 4.69) is 5.32 Å². The minimum Gasteiger partial charge on any atom is -0.452 e. The molecule has 1 aliphatic carbocycles. The van der Waals surface area contributed by atoms with Gasteiger partial charge in [-0.15, -0.1) is 0 Å². The standard InChI is InChI=1S/C24H24N2O3/c1-15-7-9-18(10-8-15)22-13-20(19-5-3-4-6-21(19)26-22)24(28)29-14-23(27)25-16(2)17-11-12-17/h3-10,13,16-17H,11-12,14H2,1-2H3,(H,25,27)/t16-/m1/s1. The van der Waals surface area contributed by atoms with Crippen molar-refractivity contribution in [1.29, 1.82) is 0 Å². The molecule has 0 saturated heterocycles. The first-order valence-electron chi connectivity index (χ1n) is 9.94. The summed E-state index contributed by atoms with van der Waals surface area (Å²) in [4.78, 5) is 29.6. The molecule has 1 amide bonds. The summed E-state index contributed by atoms with van der Waals surface area (Å²) in [5.41, 5.74) is 3.90. The maximum atomic E-state index is 12.8. The number of hydrogen-bond donors (Lipinski definition) is 1. The lowest BCUT2D eigenvalue weighted by atomic mass is 10.0. The molecule has 0 radical (unpaired) electrons. The molecule has 0 unspecified atom stereocenters. The maximum absolute atomic E-state index is 12.8. The minimum atomic E-state index is -0.522. The number of hydrogen-bond acceptors (Lipinski definition) is 4. The first-order chi connectivity index (χ1) is 14.0. The van der Waals surface area contributed by atoms with E-state index in [0.717, 1.165) is 24.0 Å². The highest BCUT2D eigenvalue weighted by molar-refractivity contribution is 6.05. The topological polar surface area (TPSA) is 68.3 Å². The first-order valence-corrected chi connectivity index (χ1v) is 9.94. The Hall–Kier alpha value is -3.21. The molecule has 1 atom stereocenters. The zero-order chi connectivity index (χ0) is 20.4. The van der Waals surface area contributed by atoms with Gasteiger partial charge in [0.25, 0.3) is 5.91 Å². The number of carbonyl (C=O) groups is 2. The van der Waals surface area contributed by atoms with E-state index in [9.17, 15) is 9.59 Å². The fourth-order valence-corrected chi connectivity index (χ4v) is 3.44. The Morgan fingerprint density at radius 1 is 1.14 bits per heavy atom. The molecule has 1 N–H and O–H groups in total. The van der Waals surface area contributed by atoms with Crippen LogP contribution in [0, 0.1) is 12.8 Å². The second-order valence-corrected chi connectivity index (χ2v) is 7.71. The summed E-state index contributed by atoms with van der Waals surface area (Å²) in [6, 6.07) is 17.3. The molecule has 1 saturated carbocycles. The molecule has 29 heavy (non-hydrogen) atoms. The van der Waals surface area contributed by atoms with Gasteiger partial charge in [0.2, 0.25) is 0 Å². The number of nitrogens with zero attached hydrogens (tertiary/aromatic N) is 1. The molecular weight excluding hydrogens is 364 g/mol. The van der Waals surface area contributed by atoms with Crippen molar-refractivity contribution in [2.75, 3.05) is 6.61 Å². The van der Waals surface area contributed by atoms with E-state index >= 15 is 0 Å². The molecule has 1 aliphatic rings. The number of pyridine rings is 1. The average molecular weight is 388 g/mol. The molecule has 2 aromatic carbocycles. The minimum absolute atomic E-state index is 0.121. The van der Waals surface area contributed by atoms with E-state index in [0.29, 0.717) is 28.1 Å². The van der Waals surface area contributed by atoms with Crippen molar-refractivity contribution in [3.05, 3.63) is 65.7 Å². The number of nitrogens with one attached hydrogen (secondary N) is 1. The van der Waals surface area contributed by atoms with Gasteiger partial charge in [-0.2, -0.15) is 0 Å². The van der Waals surface area contributed by atoms with Gasteiger partial charge in [-0.05, 0) is 44.7 Å². The third kappa shape index (κ3) is 4.45. The van der Waals surface area contributed by atoms with Crippen LogP contribution in [0.25, 0.3) is 22.2 Å². The van der Waals surface area contributed by atoms with Crippen LogP contribution in [-0.4, -0.2) is 29.5 Å². The summed E-state index contributed by atoms with van der Waals surface area (Å²) in [5, 5.41) is 3.61. The second-order valence-electron chi connectivity index (χ2n) is 7.71. The number of esters is 1. The second kappa shape index (κ2) is 8.03. The van der Waals surface area contributed by atoms with Crippen molar-refractivity contribution in [1.82, 2.24) is 10.3 Å². The molecular formula is C24H24N2O3. The smallest absolute Gasteiger partial charge is 0.339 e. The van der Waals surface area contributed by atoms with Gasteiger partial charge in [0, 0.05) is 17.0 Å². The number of aryl methyl sites for hydroxylation is 1. The largest absolute Gasteiger partial charge is 0.452 e. The lowest BCUT2D eigenvalue weighted by molar-refractivity contribution is -0.124. The molecule has 1 aromatic heterocycles. The number of fused-ring (bicyclic) bond motifs is 1. The molecule has 1 heterocycles. The van der Waals surface area contributed by atoms with Gasteiger partial charge in [0.1, 0.15) is 0 Å².